The summed E-state index contributed by atoms with van der Waals surface area (Å²) >= 11 is 0. The molecule has 2 aromatic carbocycles. The number of amides is 2. The van der Waals surface area contributed by atoms with Gasteiger partial charge in [-0.25, -0.2) is 9.18 Å². The maximum Gasteiger partial charge on any atom is 0.319 e. The summed E-state index contributed by atoms with van der Waals surface area (Å²) in [5, 5.41) is 5.66. The second kappa shape index (κ2) is 7.59. The summed E-state index contributed by atoms with van der Waals surface area (Å²) in [6.45, 7) is 4.63. The number of benzene rings is 2. The highest BCUT2D eigenvalue weighted by atomic mass is 19.1. The first-order valence-electron chi connectivity index (χ1n) is 7.44. The van der Waals surface area contributed by atoms with Crippen LogP contribution in [0.25, 0.3) is 0 Å². The van der Waals surface area contributed by atoms with Gasteiger partial charge in [-0.15, -0.1) is 0 Å². The number of carbonyl (C=O) groups is 1. The van der Waals surface area contributed by atoms with E-state index in [2.05, 4.69) is 24.5 Å². The maximum absolute atomic E-state index is 13.1. The molecule has 3 nitrogen and oxygen atoms in total. The lowest BCUT2D eigenvalue weighted by Gasteiger charge is -2.14. The van der Waals surface area contributed by atoms with E-state index in [0.29, 0.717) is 18.9 Å². The van der Waals surface area contributed by atoms with Crippen LogP contribution in [-0.2, 0) is 6.42 Å². The van der Waals surface area contributed by atoms with Gasteiger partial charge in [0.25, 0.3) is 0 Å². The highest BCUT2D eigenvalue weighted by molar-refractivity contribution is 5.90. The van der Waals surface area contributed by atoms with Gasteiger partial charge in [0.15, 0.2) is 0 Å². The number of rotatable bonds is 5. The lowest BCUT2D eigenvalue weighted by Crippen LogP contribution is -2.30. The van der Waals surface area contributed by atoms with E-state index in [9.17, 15) is 9.18 Å². The largest absolute Gasteiger partial charge is 0.338 e. The molecule has 0 atom stereocenters. The minimum atomic E-state index is -0.257. The van der Waals surface area contributed by atoms with E-state index in [1.54, 1.807) is 6.07 Å². The number of carbonyl (C=O) groups excluding carboxylic acids is 1. The second-order valence-corrected chi connectivity index (χ2v) is 5.50. The molecule has 0 radical (unpaired) electrons. The Balaban J connectivity index is 1.86. The van der Waals surface area contributed by atoms with Crippen molar-refractivity contribution in [2.45, 2.75) is 26.2 Å². The van der Waals surface area contributed by atoms with Gasteiger partial charge < -0.3 is 10.6 Å². The topological polar surface area (TPSA) is 41.1 Å². The van der Waals surface area contributed by atoms with Crippen molar-refractivity contribution in [2.75, 3.05) is 11.9 Å². The van der Waals surface area contributed by atoms with E-state index < -0.39 is 0 Å². The van der Waals surface area contributed by atoms with Crippen molar-refractivity contribution in [3.05, 3.63) is 65.5 Å². The normalized spacial score (nSPS) is 10.5. The van der Waals surface area contributed by atoms with Crippen molar-refractivity contribution in [3.63, 3.8) is 0 Å². The molecule has 0 fully saturated rings. The van der Waals surface area contributed by atoms with Gasteiger partial charge in [0.2, 0.25) is 0 Å². The molecule has 22 heavy (non-hydrogen) atoms. The molecule has 2 N–H and O–H groups in total. The van der Waals surface area contributed by atoms with Gasteiger partial charge in [-0.3, -0.25) is 0 Å². The molecule has 0 aliphatic heterocycles. The summed E-state index contributed by atoms with van der Waals surface area (Å²) in [6.07, 6.45) is 0.594. The van der Waals surface area contributed by atoms with E-state index in [1.165, 1.54) is 12.1 Å². The summed E-state index contributed by atoms with van der Waals surface area (Å²) in [5.74, 6) is 0.0802. The molecule has 0 bridgehead atoms. The van der Waals surface area contributed by atoms with Crippen molar-refractivity contribution < 1.29 is 9.18 Å². The molecular weight excluding hydrogens is 279 g/mol. The Morgan fingerprint density at radius 1 is 1.14 bits per heavy atom. The Morgan fingerprint density at radius 2 is 1.91 bits per heavy atom. The van der Waals surface area contributed by atoms with Gasteiger partial charge in [-0.1, -0.05) is 44.2 Å². The first-order valence-corrected chi connectivity index (χ1v) is 7.44. The third-order valence-electron chi connectivity index (χ3n) is 3.42. The van der Waals surface area contributed by atoms with Crippen molar-refractivity contribution in [2.24, 2.45) is 0 Å². The van der Waals surface area contributed by atoms with Crippen LogP contribution in [0.4, 0.5) is 14.9 Å². The van der Waals surface area contributed by atoms with Gasteiger partial charge in [0.1, 0.15) is 5.82 Å². The molecule has 2 amide bonds. The number of hydrogen-bond acceptors (Lipinski definition) is 1. The summed E-state index contributed by atoms with van der Waals surface area (Å²) in [4.78, 5) is 11.9. The summed E-state index contributed by atoms with van der Waals surface area (Å²) < 4.78 is 13.1. The van der Waals surface area contributed by atoms with E-state index in [4.69, 9.17) is 0 Å². The third kappa shape index (κ3) is 4.58. The second-order valence-electron chi connectivity index (χ2n) is 5.50. The van der Waals surface area contributed by atoms with Crippen molar-refractivity contribution in [1.29, 1.82) is 0 Å². The van der Waals surface area contributed by atoms with E-state index in [-0.39, 0.29) is 11.8 Å². The van der Waals surface area contributed by atoms with Crippen LogP contribution in [0.15, 0.2) is 48.5 Å². The zero-order valence-corrected chi connectivity index (χ0v) is 12.9. The predicted molar refractivity (Wildman–Crippen MR) is 87.7 cm³/mol. The lowest BCUT2D eigenvalue weighted by atomic mass is 10.0. The summed E-state index contributed by atoms with van der Waals surface area (Å²) in [7, 11) is 0. The van der Waals surface area contributed by atoms with E-state index in [1.807, 2.05) is 30.3 Å². The average molecular weight is 300 g/mol. The highest BCUT2D eigenvalue weighted by Crippen LogP contribution is 2.23. The van der Waals surface area contributed by atoms with Crippen LogP contribution in [0.2, 0.25) is 0 Å². The van der Waals surface area contributed by atoms with Crippen LogP contribution < -0.4 is 10.6 Å². The zero-order valence-electron chi connectivity index (χ0n) is 12.9. The third-order valence-corrected chi connectivity index (χ3v) is 3.42. The molecule has 0 aromatic heterocycles. The predicted octanol–water partition coefficient (Wildman–Crippen LogP) is 4.31. The molecule has 0 unspecified atom stereocenters. The van der Waals surface area contributed by atoms with Gasteiger partial charge in [-0.2, -0.15) is 0 Å². The quantitative estimate of drug-likeness (QED) is 0.848. The molecular formula is C18H21FN2O. The molecule has 0 saturated heterocycles. The fraction of sp³-hybridized carbons (Fsp3) is 0.278. The van der Waals surface area contributed by atoms with Crippen LogP contribution in [0.3, 0.4) is 0 Å². The molecule has 0 spiro atoms. The number of para-hydroxylation sites is 1. The van der Waals surface area contributed by atoms with Gasteiger partial charge in [0, 0.05) is 12.2 Å². The number of anilines is 1. The van der Waals surface area contributed by atoms with Gasteiger partial charge in [0.05, 0.1) is 0 Å². The lowest BCUT2D eigenvalue weighted by molar-refractivity contribution is 0.252. The Hall–Kier alpha value is -2.36. The standard InChI is InChI=1S/C18H21FN2O/c1-13(2)16-8-3-4-9-17(16)21-18(22)20-11-10-14-6-5-7-15(19)12-14/h3-9,12-13H,10-11H2,1-2H3,(H2,20,21,22). The number of hydrogen-bond donors (Lipinski definition) is 2. The SMILES string of the molecule is CC(C)c1ccccc1NC(=O)NCCc1cccc(F)c1. The number of urea groups is 1. The zero-order chi connectivity index (χ0) is 15.9. The first kappa shape index (κ1) is 16.0. The Bertz CT molecular complexity index is 640. The fourth-order valence-corrected chi connectivity index (χ4v) is 2.29. The van der Waals surface area contributed by atoms with Gasteiger partial charge in [-0.05, 0) is 41.7 Å². The highest BCUT2D eigenvalue weighted by Gasteiger charge is 2.08. The fourth-order valence-electron chi connectivity index (χ4n) is 2.29. The smallest absolute Gasteiger partial charge is 0.319 e. The monoisotopic (exact) mass is 300 g/mol. The number of halogens is 1. The van der Waals surface area contributed by atoms with Crippen LogP contribution in [0.1, 0.15) is 30.9 Å². The molecule has 116 valence electrons. The van der Waals surface area contributed by atoms with E-state index in [0.717, 1.165) is 16.8 Å². The molecule has 0 heterocycles. The Labute approximate surface area is 130 Å². The van der Waals surface area contributed by atoms with Crippen LogP contribution >= 0.6 is 0 Å². The maximum atomic E-state index is 13.1. The van der Waals surface area contributed by atoms with Crippen LogP contribution in [0.5, 0.6) is 0 Å². The summed E-state index contributed by atoms with van der Waals surface area (Å²) in [5.41, 5.74) is 2.78. The molecule has 2 aromatic rings. The van der Waals surface area contributed by atoms with Crippen molar-refractivity contribution in [3.8, 4) is 0 Å². The van der Waals surface area contributed by atoms with Crippen LogP contribution in [0, 0.1) is 5.82 Å². The minimum absolute atomic E-state index is 0.246. The molecule has 0 aliphatic carbocycles. The van der Waals surface area contributed by atoms with Crippen LogP contribution in [-0.4, -0.2) is 12.6 Å². The molecule has 2 rings (SSSR count). The molecule has 0 aliphatic rings. The van der Waals surface area contributed by atoms with E-state index >= 15 is 0 Å². The average Bonchev–Trinajstić information content (AvgIpc) is 2.47. The number of nitrogens with one attached hydrogen (secondary N) is 2. The minimum Gasteiger partial charge on any atom is -0.338 e. The van der Waals surface area contributed by atoms with Crippen molar-refractivity contribution in [1.82, 2.24) is 5.32 Å². The summed E-state index contributed by atoms with van der Waals surface area (Å²) in [6, 6.07) is 13.9. The van der Waals surface area contributed by atoms with Gasteiger partial charge >= 0.3 is 6.03 Å². The Kier molecular flexibility index (Phi) is 5.53. The van der Waals surface area contributed by atoms with Crippen molar-refractivity contribution >= 4 is 11.7 Å². The first-order chi connectivity index (χ1) is 10.6. The Morgan fingerprint density at radius 3 is 2.64 bits per heavy atom. The molecule has 4 heteroatoms. The molecule has 0 saturated carbocycles.